The van der Waals surface area contributed by atoms with Gasteiger partial charge in [-0.2, -0.15) is 10.1 Å². The number of hydrazone groups is 1. The van der Waals surface area contributed by atoms with Gasteiger partial charge in [0, 0.05) is 6.21 Å². The molecule has 5 aliphatic rings. The minimum Gasteiger partial charge on any atom is -0.271 e. The molecule has 35 heavy (non-hydrogen) atoms. The lowest BCUT2D eigenvalue weighted by molar-refractivity contribution is -0.118. The van der Waals surface area contributed by atoms with Crippen molar-refractivity contribution in [2.45, 2.75) is 55.8 Å². The van der Waals surface area contributed by atoms with Crippen molar-refractivity contribution in [3.63, 3.8) is 0 Å². The van der Waals surface area contributed by atoms with Crippen LogP contribution in [0.15, 0.2) is 63.5 Å². The lowest BCUT2D eigenvalue weighted by atomic mass is 9.48. The molecule has 1 unspecified atom stereocenters. The monoisotopic (exact) mass is 490 g/mol. The summed E-state index contributed by atoms with van der Waals surface area (Å²) in [5.74, 6) is 1.98. The van der Waals surface area contributed by atoms with Crippen LogP contribution in [-0.4, -0.2) is 26.3 Å². The molecule has 1 atom stereocenters. The van der Waals surface area contributed by atoms with Crippen LogP contribution in [0.25, 0.3) is 0 Å². The second-order valence-corrected chi connectivity index (χ2v) is 12.5. The summed E-state index contributed by atoms with van der Waals surface area (Å²) in [6.45, 7) is 1.82. The van der Waals surface area contributed by atoms with Crippen LogP contribution < -0.4 is 10.1 Å². The van der Waals surface area contributed by atoms with Gasteiger partial charge in [0.05, 0.1) is 22.0 Å². The molecule has 1 aliphatic heterocycles. The summed E-state index contributed by atoms with van der Waals surface area (Å²) in [6.07, 6.45) is 9.78. The predicted octanol–water partition coefficient (Wildman–Crippen LogP) is 4.54. The Bertz CT molecular complexity index is 1290. The van der Waals surface area contributed by atoms with E-state index < -0.39 is 15.9 Å². The molecule has 0 aromatic heterocycles. The molecule has 7 nitrogen and oxygen atoms in total. The largest absolute Gasteiger partial charge is 0.271 e. The molecule has 4 fully saturated rings. The summed E-state index contributed by atoms with van der Waals surface area (Å²) in [5.41, 5.74) is 3.74. The van der Waals surface area contributed by atoms with Crippen molar-refractivity contribution in [3.8, 4) is 0 Å². The highest BCUT2D eigenvalue weighted by Gasteiger charge is 2.51. The third-order valence-corrected chi connectivity index (χ3v) is 9.41. The summed E-state index contributed by atoms with van der Waals surface area (Å²) in [4.78, 5) is 17.5. The molecule has 1 amide bonds. The number of sulfonamides is 1. The highest BCUT2D eigenvalue weighted by Crippen LogP contribution is 2.60. The van der Waals surface area contributed by atoms with Crippen LogP contribution >= 0.6 is 0 Å². The molecular formula is C27H30N4O3S. The summed E-state index contributed by atoms with van der Waals surface area (Å²) < 4.78 is 22.8. The maximum absolute atomic E-state index is 13.2. The first-order chi connectivity index (χ1) is 16.7. The number of primary sulfonamides is 1. The van der Waals surface area contributed by atoms with E-state index in [0.29, 0.717) is 16.8 Å². The van der Waals surface area contributed by atoms with Crippen LogP contribution in [0.4, 0.5) is 11.4 Å². The number of nitrogens with two attached hydrogens (primary N) is 1. The molecule has 4 saturated carbocycles. The number of hydrogen-bond donors (Lipinski definition) is 1. The zero-order valence-electron chi connectivity index (χ0n) is 19.8. The smallest absolute Gasteiger partial charge is 0.261 e. The van der Waals surface area contributed by atoms with E-state index >= 15 is 0 Å². The highest BCUT2D eigenvalue weighted by atomic mass is 32.2. The van der Waals surface area contributed by atoms with Crippen LogP contribution in [-0.2, 0) is 20.2 Å². The molecule has 2 N–H and O–H groups in total. The Labute approximate surface area is 206 Å². The fourth-order valence-electron chi connectivity index (χ4n) is 7.24. The minimum atomic E-state index is -3.75. The van der Waals surface area contributed by atoms with Gasteiger partial charge in [-0.15, -0.1) is 0 Å². The Hall–Kier alpha value is -2.84. The molecule has 0 radical (unpaired) electrons. The van der Waals surface area contributed by atoms with E-state index in [1.54, 1.807) is 18.3 Å². The van der Waals surface area contributed by atoms with Crippen LogP contribution in [0.2, 0.25) is 0 Å². The van der Waals surface area contributed by atoms with Crippen molar-refractivity contribution in [1.29, 1.82) is 0 Å². The maximum Gasteiger partial charge on any atom is 0.261 e. The summed E-state index contributed by atoms with van der Waals surface area (Å²) in [7, 11) is -3.75. The number of benzene rings is 2. The zero-order valence-corrected chi connectivity index (χ0v) is 20.6. The van der Waals surface area contributed by atoms with Crippen LogP contribution in [0, 0.1) is 23.7 Å². The molecule has 8 heteroatoms. The maximum atomic E-state index is 13.2. The second-order valence-electron chi connectivity index (χ2n) is 10.9. The fourth-order valence-corrected chi connectivity index (χ4v) is 7.75. The number of carbonyl (C=O) groups excluding carboxylic acids is 1. The van der Waals surface area contributed by atoms with Crippen LogP contribution in [0.3, 0.4) is 0 Å². The van der Waals surface area contributed by atoms with Gasteiger partial charge >= 0.3 is 0 Å². The normalized spacial score (nSPS) is 32.0. The summed E-state index contributed by atoms with van der Waals surface area (Å²) in [5, 5.41) is 11.1. The predicted molar refractivity (Wildman–Crippen MR) is 136 cm³/mol. The number of amides is 1. The fraction of sp³-hybridized carbons (Fsp3) is 0.444. The number of hydrogen-bond acceptors (Lipinski definition) is 5. The first kappa shape index (κ1) is 22.6. The molecule has 0 saturated heterocycles. The lowest BCUT2D eigenvalue weighted by Gasteiger charge is -2.57. The standard InChI is InChI=1S/C27H30N4O3S/c1-17-25(16-29-22-4-8-24(9-5-22)35(28,33)34)26(32)31(30-17)23-6-2-21(3-7-23)27-13-18-10-19(14-27)12-20(11-18)15-27/h2-9,16,18-20,25H,10-15H2,1H3,(H2,28,33,34). The summed E-state index contributed by atoms with van der Waals surface area (Å²) >= 11 is 0. The molecule has 0 spiro atoms. The van der Waals surface area contributed by atoms with Gasteiger partial charge in [0.1, 0.15) is 5.92 Å². The van der Waals surface area contributed by atoms with Gasteiger partial charge in [-0.1, -0.05) is 12.1 Å². The van der Waals surface area contributed by atoms with Gasteiger partial charge in [-0.05, 0) is 111 Å². The lowest BCUT2D eigenvalue weighted by Crippen LogP contribution is -2.48. The number of anilines is 1. The Morgan fingerprint density at radius 1 is 0.971 bits per heavy atom. The average molecular weight is 491 g/mol. The first-order valence-corrected chi connectivity index (χ1v) is 13.9. The van der Waals surface area contributed by atoms with Gasteiger partial charge < -0.3 is 0 Å². The molecule has 2 aromatic rings. The van der Waals surface area contributed by atoms with Crippen molar-refractivity contribution in [3.05, 3.63) is 54.1 Å². The molecule has 2 aromatic carbocycles. The molecule has 4 aliphatic carbocycles. The van der Waals surface area contributed by atoms with Gasteiger partial charge in [0.2, 0.25) is 10.0 Å². The third kappa shape index (κ3) is 4.02. The highest BCUT2D eigenvalue weighted by molar-refractivity contribution is 7.89. The minimum absolute atomic E-state index is 0.0225. The number of carbonyl (C=O) groups is 1. The van der Waals surface area contributed by atoms with E-state index in [0.717, 1.165) is 23.4 Å². The SMILES string of the molecule is CC1=NN(c2ccc(C34CC5CC(CC(C5)C3)C4)cc2)C(=O)C1C=Nc1ccc(S(N)(=O)=O)cc1. The summed E-state index contributed by atoms with van der Waals surface area (Å²) in [6, 6.07) is 14.4. The van der Waals surface area contributed by atoms with Gasteiger partial charge in [-0.25, -0.2) is 13.6 Å². The van der Waals surface area contributed by atoms with Gasteiger partial charge in [0.15, 0.2) is 0 Å². The average Bonchev–Trinajstić information content (AvgIpc) is 3.10. The molecule has 1 heterocycles. The van der Waals surface area contributed by atoms with Crippen molar-refractivity contribution >= 4 is 39.2 Å². The molecular weight excluding hydrogens is 460 g/mol. The first-order valence-electron chi connectivity index (χ1n) is 12.4. The topological polar surface area (TPSA) is 105 Å². The Morgan fingerprint density at radius 3 is 2.09 bits per heavy atom. The van der Waals surface area contributed by atoms with E-state index in [1.165, 1.54) is 61.2 Å². The van der Waals surface area contributed by atoms with Crippen LogP contribution in [0.5, 0.6) is 0 Å². The van der Waals surface area contributed by atoms with Crippen LogP contribution in [0.1, 0.15) is 51.0 Å². The van der Waals surface area contributed by atoms with Crippen molar-refractivity contribution in [2.24, 2.45) is 38.9 Å². The molecule has 182 valence electrons. The Kier molecular flexibility index (Phi) is 5.23. The van der Waals surface area contributed by atoms with Crippen molar-refractivity contribution in [2.75, 3.05) is 5.01 Å². The molecule has 7 rings (SSSR count). The van der Waals surface area contributed by atoms with Gasteiger partial charge in [-0.3, -0.25) is 9.79 Å². The van der Waals surface area contributed by atoms with E-state index in [4.69, 9.17) is 5.14 Å². The van der Waals surface area contributed by atoms with Crippen molar-refractivity contribution < 1.29 is 13.2 Å². The quantitative estimate of drug-likeness (QED) is 0.622. The number of nitrogens with zero attached hydrogens (tertiary/aromatic N) is 3. The van der Waals surface area contributed by atoms with Gasteiger partial charge in [0.25, 0.3) is 5.91 Å². The van der Waals surface area contributed by atoms with E-state index in [-0.39, 0.29) is 10.8 Å². The van der Waals surface area contributed by atoms with E-state index in [1.807, 2.05) is 19.1 Å². The number of rotatable bonds is 5. The van der Waals surface area contributed by atoms with Crippen molar-refractivity contribution in [1.82, 2.24) is 0 Å². The van der Waals surface area contributed by atoms with E-state index in [2.05, 4.69) is 22.2 Å². The molecule has 4 bridgehead atoms. The Morgan fingerprint density at radius 2 is 1.54 bits per heavy atom. The second kappa shape index (κ2) is 8.10. The number of aliphatic imine (C=N–C) groups is 1. The zero-order chi connectivity index (χ0) is 24.4. The Balaban J connectivity index is 1.18. The third-order valence-electron chi connectivity index (χ3n) is 8.48. The van der Waals surface area contributed by atoms with E-state index in [9.17, 15) is 13.2 Å².